The van der Waals surface area contributed by atoms with Crippen molar-refractivity contribution in [3.63, 3.8) is 0 Å². The lowest BCUT2D eigenvalue weighted by Crippen LogP contribution is -2.10. The van der Waals surface area contributed by atoms with Gasteiger partial charge in [0.2, 0.25) is 5.82 Å². The first kappa shape index (κ1) is 15.0. The van der Waals surface area contributed by atoms with Crippen LogP contribution in [0.3, 0.4) is 0 Å². The highest BCUT2D eigenvalue weighted by molar-refractivity contribution is 5.69. The quantitative estimate of drug-likeness (QED) is 0.653. The minimum absolute atomic E-state index is 0.0311. The monoisotopic (exact) mass is 288 g/mol. The van der Waals surface area contributed by atoms with Gasteiger partial charge < -0.3 is 5.32 Å². The first-order valence-electron chi connectivity index (χ1n) is 6.59. The van der Waals surface area contributed by atoms with Crippen molar-refractivity contribution >= 4 is 17.1 Å². The summed E-state index contributed by atoms with van der Waals surface area (Å²) in [5.41, 5.74) is 1.46. The van der Waals surface area contributed by atoms with Crippen LogP contribution < -0.4 is 5.32 Å². The molecule has 0 saturated heterocycles. The molecule has 0 amide bonds. The lowest BCUT2D eigenvalue weighted by atomic mass is 9.87. The van der Waals surface area contributed by atoms with Crippen molar-refractivity contribution in [3.8, 4) is 0 Å². The molecule has 0 fully saturated rings. The van der Waals surface area contributed by atoms with E-state index in [0.29, 0.717) is 5.69 Å². The fourth-order valence-corrected chi connectivity index (χ4v) is 2.01. The van der Waals surface area contributed by atoms with Gasteiger partial charge in [0.15, 0.2) is 0 Å². The molecule has 0 saturated carbocycles. The number of nitro groups is 1. The molecule has 2 aromatic rings. The minimum Gasteiger partial charge on any atom is -0.350 e. The third-order valence-corrected chi connectivity index (χ3v) is 3.20. The number of hydrogen-bond acceptors (Lipinski definition) is 3. The zero-order valence-electron chi connectivity index (χ0n) is 12.2. The van der Waals surface area contributed by atoms with E-state index in [2.05, 4.69) is 26.1 Å². The van der Waals surface area contributed by atoms with Gasteiger partial charge in [-0.05, 0) is 35.2 Å². The summed E-state index contributed by atoms with van der Waals surface area (Å²) in [4.78, 5) is 10.2. The van der Waals surface area contributed by atoms with Crippen LogP contribution in [0.4, 0.5) is 21.5 Å². The van der Waals surface area contributed by atoms with E-state index in [9.17, 15) is 14.5 Å². The number of halogens is 1. The third-order valence-electron chi connectivity index (χ3n) is 3.20. The molecular weight excluding hydrogens is 271 g/mol. The van der Waals surface area contributed by atoms with Crippen LogP contribution in [0.15, 0.2) is 42.5 Å². The summed E-state index contributed by atoms with van der Waals surface area (Å²) in [5, 5.41) is 13.8. The Hall–Kier alpha value is -2.43. The Balaban J connectivity index is 2.31. The standard InChI is InChI=1S/C16H17FN2O2/c1-16(2,3)11-7-9-12(10-8-11)18-14-6-4-5-13(17)15(14)19(20)21/h4-10,18H,1-3H3. The third kappa shape index (κ3) is 3.37. The van der Waals surface area contributed by atoms with Crippen LogP contribution in [0, 0.1) is 15.9 Å². The summed E-state index contributed by atoms with van der Waals surface area (Å²) in [6, 6.07) is 11.6. The first-order valence-corrected chi connectivity index (χ1v) is 6.59. The van der Waals surface area contributed by atoms with Gasteiger partial charge in [-0.3, -0.25) is 10.1 Å². The number of anilines is 2. The Bertz CT molecular complexity index is 661. The van der Waals surface area contributed by atoms with Crippen LogP contribution in [-0.2, 0) is 5.41 Å². The van der Waals surface area contributed by atoms with Crippen molar-refractivity contribution in [2.75, 3.05) is 5.32 Å². The molecule has 0 aromatic heterocycles. The largest absolute Gasteiger partial charge is 0.350 e. The average molecular weight is 288 g/mol. The summed E-state index contributed by atoms with van der Waals surface area (Å²) < 4.78 is 13.5. The summed E-state index contributed by atoms with van der Waals surface area (Å²) in [5.74, 6) is -0.851. The van der Waals surface area contributed by atoms with E-state index in [0.717, 1.165) is 11.6 Å². The SMILES string of the molecule is CC(C)(C)c1ccc(Nc2cccc(F)c2[N+](=O)[O-])cc1. The van der Waals surface area contributed by atoms with Crippen LogP contribution >= 0.6 is 0 Å². The predicted molar refractivity (Wildman–Crippen MR) is 81.5 cm³/mol. The highest BCUT2D eigenvalue weighted by Gasteiger charge is 2.20. The summed E-state index contributed by atoms with van der Waals surface area (Å²) in [6.45, 7) is 6.31. The van der Waals surface area contributed by atoms with E-state index in [1.165, 1.54) is 12.1 Å². The number of nitrogens with one attached hydrogen (secondary N) is 1. The van der Waals surface area contributed by atoms with E-state index in [-0.39, 0.29) is 11.1 Å². The molecule has 21 heavy (non-hydrogen) atoms. The van der Waals surface area contributed by atoms with Crippen LogP contribution in [0.1, 0.15) is 26.3 Å². The van der Waals surface area contributed by atoms with Crippen molar-refractivity contribution in [1.82, 2.24) is 0 Å². The maximum atomic E-state index is 13.5. The molecule has 2 rings (SSSR count). The molecule has 0 aliphatic heterocycles. The first-order chi connectivity index (χ1) is 9.79. The summed E-state index contributed by atoms with van der Waals surface area (Å²) >= 11 is 0. The minimum atomic E-state index is -0.851. The molecule has 0 aliphatic carbocycles. The molecule has 2 aromatic carbocycles. The van der Waals surface area contributed by atoms with Crippen molar-refractivity contribution in [1.29, 1.82) is 0 Å². The molecule has 0 spiro atoms. The molecule has 0 unspecified atom stereocenters. The van der Waals surface area contributed by atoms with Gasteiger partial charge in [0.05, 0.1) is 4.92 Å². The Labute approximate surface area is 122 Å². The second-order valence-corrected chi connectivity index (χ2v) is 5.85. The number of nitro benzene ring substituents is 1. The van der Waals surface area contributed by atoms with Crippen molar-refractivity contribution < 1.29 is 9.31 Å². The lowest BCUT2D eigenvalue weighted by Gasteiger charge is -2.19. The number of benzene rings is 2. The molecule has 0 radical (unpaired) electrons. The second-order valence-electron chi connectivity index (χ2n) is 5.85. The second kappa shape index (κ2) is 5.52. The molecule has 110 valence electrons. The van der Waals surface area contributed by atoms with Crippen molar-refractivity contribution in [2.45, 2.75) is 26.2 Å². The number of nitrogens with zero attached hydrogens (tertiary/aromatic N) is 1. The Morgan fingerprint density at radius 1 is 1.10 bits per heavy atom. The maximum absolute atomic E-state index is 13.5. The zero-order chi connectivity index (χ0) is 15.6. The van der Waals surface area contributed by atoms with E-state index < -0.39 is 16.4 Å². The van der Waals surface area contributed by atoms with Crippen LogP contribution in [0.2, 0.25) is 0 Å². The van der Waals surface area contributed by atoms with Gasteiger partial charge in [0, 0.05) is 5.69 Å². The summed E-state index contributed by atoms with van der Waals surface area (Å²) in [6.07, 6.45) is 0. The van der Waals surface area contributed by atoms with Gasteiger partial charge in [0.25, 0.3) is 0 Å². The maximum Gasteiger partial charge on any atom is 0.327 e. The highest BCUT2D eigenvalue weighted by Crippen LogP contribution is 2.31. The van der Waals surface area contributed by atoms with Gasteiger partial charge in [-0.25, -0.2) is 0 Å². The van der Waals surface area contributed by atoms with Crippen LogP contribution in [0.25, 0.3) is 0 Å². The normalized spacial score (nSPS) is 11.2. The van der Waals surface area contributed by atoms with Gasteiger partial charge in [-0.1, -0.05) is 39.0 Å². The van der Waals surface area contributed by atoms with Crippen molar-refractivity contribution in [2.24, 2.45) is 0 Å². The van der Waals surface area contributed by atoms with Gasteiger partial charge in [0.1, 0.15) is 5.69 Å². The predicted octanol–water partition coefficient (Wildman–Crippen LogP) is 4.78. The molecule has 1 N–H and O–H groups in total. The smallest absolute Gasteiger partial charge is 0.327 e. The number of hydrogen-bond donors (Lipinski definition) is 1. The fraction of sp³-hybridized carbons (Fsp3) is 0.250. The van der Waals surface area contributed by atoms with E-state index in [4.69, 9.17) is 0 Å². The molecule has 0 bridgehead atoms. The average Bonchev–Trinajstić information content (AvgIpc) is 2.38. The lowest BCUT2D eigenvalue weighted by molar-refractivity contribution is -0.386. The van der Waals surface area contributed by atoms with Gasteiger partial charge in [-0.15, -0.1) is 0 Å². The summed E-state index contributed by atoms with van der Waals surface area (Å²) in [7, 11) is 0. The molecule has 0 heterocycles. The highest BCUT2D eigenvalue weighted by atomic mass is 19.1. The van der Waals surface area contributed by atoms with E-state index in [1.807, 2.05) is 24.3 Å². The van der Waals surface area contributed by atoms with Crippen LogP contribution in [-0.4, -0.2) is 4.92 Å². The van der Waals surface area contributed by atoms with Gasteiger partial charge >= 0.3 is 5.69 Å². The Kier molecular flexibility index (Phi) is 3.93. The Morgan fingerprint density at radius 2 is 1.71 bits per heavy atom. The van der Waals surface area contributed by atoms with Gasteiger partial charge in [-0.2, -0.15) is 4.39 Å². The van der Waals surface area contributed by atoms with Crippen molar-refractivity contribution in [3.05, 3.63) is 64.0 Å². The van der Waals surface area contributed by atoms with E-state index in [1.54, 1.807) is 0 Å². The molecule has 5 heteroatoms. The molecular formula is C16H17FN2O2. The van der Waals surface area contributed by atoms with E-state index >= 15 is 0 Å². The fourth-order valence-electron chi connectivity index (χ4n) is 2.01. The van der Waals surface area contributed by atoms with Crippen LogP contribution in [0.5, 0.6) is 0 Å². The Morgan fingerprint density at radius 3 is 2.24 bits per heavy atom. The number of para-hydroxylation sites is 1. The zero-order valence-corrected chi connectivity index (χ0v) is 12.2. The molecule has 0 aliphatic rings. The number of rotatable bonds is 3. The molecule has 0 atom stereocenters. The molecule has 4 nitrogen and oxygen atoms in total. The topological polar surface area (TPSA) is 55.2 Å².